The molecule has 3 rings (SSSR count). The van der Waals surface area contributed by atoms with E-state index >= 15 is 0 Å². The maximum atomic E-state index is 6.19. The lowest BCUT2D eigenvalue weighted by Crippen LogP contribution is -2.39. The van der Waals surface area contributed by atoms with Crippen molar-refractivity contribution in [2.24, 2.45) is 11.7 Å². The predicted molar refractivity (Wildman–Crippen MR) is 81.8 cm³/mol. The first-order valence-electron chi connectivity index (χ1n) is 7.65. The van der Waals surface area contributed by atoms with Crippen molar-refractivity contribution in [3.63, 3.8) is 0 Å². The molecule has 1 fully saturated rings. The third-order valence-electron chi connectivity index (χ3n) is 4.85. The fourth-order valence-corrected chi connectivity index (χ4v) is 4.80. The van der Waals surface area contributed by atoms with E-state index in [0.29, 0.717) is 6.04 Å². The molecule has 19 heavy (non-hydrogen) atoms. The van der Waals surface area contributed by atoms with Crippen LogP contribution in [0.3, 0.4) is 0 Å². The van der Waals surface area contributed by atoms with E-state index in [1.807, 2.05) is 11.3 Å². The molecule has 1 aromatic heterocycles. The molecule has 1 heterocycles. The van der Waals surface area contributed by atoms with Gasteiger partial charge in [0.15, 0.2) is 5.13 Å². The van der Waals surface area contributed by atoms with E-state index in [9.17, 15) is 0 Å². The molecule has 3 atom stereocenters. The first-order chi connectivity index (χ1) is 9.16. The van der Waals surface area contributed by atoms with Gasteiger partial charge in [-0.05, 0) is 38.0 Å². The number of aromatic nitrogens is 1. The Kier molecular flexibility index (Phi) is 3.81. The van der Waals surface area contributed by atoms with Crippen LogP contribution in [0.2, 0.25) is 0 Å². The zero-order valence-corrected chi connectivity index (χ0v) is 12.9. The summed E-state index contributed by atoms with van der Waals surface area (Å²) in [5.74, 6) is 0.786. The average molecular weight is 279 g/mol. The van der Waals surface area contributed by atoms with Crippen molar-refractivity contribution in [3.05, 3.63) is 10.6 Å². The van der Waals surface area contributed by atoms with Gasteiger partial charge in [-0.15, -0.1) is 11.3 Å². The van der Waals surface area contributed by atoms with E-state index in [1.165, 1.54) is 54.2 Å². The van der Waals surface area contributed by atoms with Gasteiger partial charge in [-0.2, -0.15) is 0 Å². The fourth-order valence-electron chi connectivity index (χ4n) is 3.60. The number of rotatable bonds is 2. The molecule has 1 saturated carbocycles. The van der Waals surface area contributed by atoms with E-state index in [2.05, 4.69) is 18.9 Å². The summed E-state index contributed by atoms with van der Waals surface area (Å²) in [7, 11) is 2.22. The van der Waals surface area contributed by atoms with Crippen LogP contribution < -0.4 is 10.6 Å². The van der Waals surface area contributed by atoms with Crippen molar-refractivity contribution < 1.29 is 0 Å². The molecule has 0 amide bonds. The fraction of sp³-hybridized carbons (Fsp3) is 0.800. The Morgan fingerprint density at radius 3 is 2.74 bits per heavy atom. The molecule has 0 bridgehead atoms. The van der Waals surface area contributed by atoms with Gasteiger partial charge in [0.2, 0.25) is 0 Å². The van der Waals surface area contributed by atoms with Gasteiger partial charge in [0.1, 0.15) is 0 Å². The Labute approximate surface area is 120 Å². The molecule has 4 heteroatoms. The molecule has 106 valence electrons. The zero-order chi connectivity index (χ0) is 13.4. The number of nitrogens with zero attached hydrogens (tertiary/aromatic N) is 2. The molecule has 0 aromatic carbocycles. The highest BCUT2D eigenvalue weighted by atomic mass is 32.1. The number of nitrogens with two attached hydrogens (primary N) is 1. The van der Waals surface area contributed by atoms with Crippen molar-refractivity contribution in [2.75, 3.05) is 11.9 Å². The van der Waals surface area contributed by atoms with Crippen LogP contribution in [0.25, 0.3) is 0 Å². The lowest BCUT2D eigenvalue weighted by atomic mass is 9.85. The molecule has 0 spiro atoms. The van der Waals surface area contributed by atoms with Gasteiger partial charge in [0.05, 0.1) is 5.69 Å². The molecular weight excluding hydrogens is 254 g/mol. The van der Waals surface area contributed by atoms with Gasteiger partial charge in [0, 0.05) is 24.0 Å². The van der Waals surface area contributed by atoms with Crippen LogP contribution in [0.1, 0.15) is 62.1 Å². The lowest BCUT2D eigenvalue weighted by Gasteiger charge is -2.36. The van der Waals surface area contributed by atoms with Crippen molar-refractivity contribution in [3.8, 4) is 0 Å². The van der Waals surface area contributed by atoms with Crippen LogP contribution in [0, 0.1) is 5.92 Å². The molecule has 3 unspecified atom stereocenters. The van der Waals surface area contributed by atoms with E-state index < -0.39 is 0 Å². The van der Waals surface area contributed by atoms with E-state index in [4.69, 9.17) is 10.7 Å². The SMILES string of the molecule is CC1CCCCC1N(C)c1nc2c(s1)CCCC2N. The highest BCUT2D eigenvalue weighted by Gasteiger charge is 2.29. The van der Waals surface area contributed by atoms with Gasteiger partial charge in [0.25, 0.3) is 0 Å². The quantitative estimate of drug-likeness (QED) is 0.901. The third kappa shape index (κ3) is 2.52. The average Bonchev–Trinajstić information content (AvgIpc) is 2.84. The number of hydrogen-bond acceptors (Lipinski definition) is 4. The van der Waals surface area contributed by atoms with Gasteiger partial charge < -0.3 is 10.6 Å². The molecule has 1 aromatic rings. The first-order valence-corrected chi connectivity index (χ1v) is 8.46. The van der Waals surface area contributed by atoms with Gasteiger partial charge >= 0.3 is 0 Å². The van der Waals surface area contributed by atoms with Crippen molar-refractivity contribution >= 4 is 16.5 Å². The van der Waals surface area contributed by atoms with E-state index in [-0.39, 0.29) is 6.04 Å². The second-order valence-corrected chi connectivity index (χ2v) is 7.31. The highest BCUT2D eigenvalue weighted by molar-refractivity contribution is 7.15. The molecule has 0 radical (unpaired) electrons. The normalized spacial score (nSPS) is 31.0. The summed E-state index contributed by atoms with van der Waals surface area (Å²) in [6, 6.07) is 0.837. The Balaban J connectivity index is 1.81. The molecule has 0 saturated heterocycles. The largest absolute Gasteiger partial charge is 0.348 e. The van der Waals surface area contributed by atoms with Crippen molar-refractivity contribution in [2.45, 2.75) is 64.0 Å². The molecule has 2 aliphatic rings. The smallest absolute Gasteiger partial charge is 0.185 e. The second-order valence-electron chi connectivity index (χ2n) is 6.24. The standard InChI is InChI=1S/C15H25N3S/c1-10-6-3-4-8-12(10)18(2)15-17-14-11(16)7-5-9-13(14)19-15/h10-12H,3-9,16H2,1-2H3. The monoisotopic (exact) mass is 279 g/mol. The maximum Gasteiger partial charge on any atom is 0.185 e. The van der Waals surface area contributed by atoms with E-state index in [0.717, 1.165) is 12.3 Å². The number of aryl methyl sites for hydroxylation is 1. The minimum atomic E-state index is 0.172. The molecule has 3 nitrogen and oxygen atoms in total. The minimum absolute atomic E-state index is 0.172. The van der Waals surface area contributed by atoms with Crippen LogP contribution in [0.15, 0.2) is 0 Å². The first kappa shape index (κ1) is 13.4. The summed E-state index contributed by atoms with van der Waals surface area (Å²) in [4.78, 5) is 8.73. The molecular formula is C15H25N3S. The lowest BCUT2D eigenvalue weighted by molar-refractivity contribution is 0.321. The van der Waals surface area contributed by atoms with Gasteiger partial charge in [-0.1, -0.05) is 19.8 Å². The Morgan fingerprint density at radius 1 is 1.21 bits per heavy atom. The number of anilines is 1. The Morgan fingerprint density at radius 2 is 2.00 bits per heavy atom. The second kappa shape index (κ2) is 5.41. The van der Waals surface area contributed by atoms with E-state index in [1.54, 1.807) is 0 Å². The number of thiazole rings is 1. The predicted octanol–water partition coefficient (Wildman–Crippen LogP) is 3.49. The molecule has 0 aliphatic heterocycles. The Bertz CT molecular complexity index is 443. The summed E-state index contributed by atoms with van der Waals surface area (Å²) in [6.45, 7) is 2.39. The van der Waals surface area contributed by atoms with Gasteiger partial charge in [-0.25, -0.2) is 4.98 Å². The molecule has 2 N–H and O–H groups in total. The van der Waals surface area contributed by atoms with Crippen LogP contribution in [0.5, 0.6) is 0 Å². The number of fused-ring (bicyclic) bond motifs is 1. The maximum absolute atomic E-state index is 6.19. The van der Waals surface area contributed by atoms with Crippen molar-refractivity contribution in [1.29, 1.82) is 0 Å². The topological polar surface area (TPSA) is 42.2 Å². The third-order valence-corrected chi connectivity index (χ3v) is 6.07. The summed E-state index contributed by atoms with van der Waals surface area (Å²) in [5.41, 5.74) is 7.37. The van der Waals surface area contributed by atoms with Crippen molar-refractivity contribution in [1.82, 2.24) is 4.98 Å². The van der Waals surface area contributed by atoms with Gasteiger partial charge in [-0.3, -0.25) is 0 Å². The van der Waals surface area contributed by atoms with Crippen LogP contribution in [-0.2, 0) is 6.42 Å². The zero-order valence-electron chi connectivity index (χ0n) is 12.1. The summed E-state index contributed by atoms with van der Waals surface area (Å²) in [5, 5.41) is 1.20. The Hall–Kier alpha value is -0.610. The summed E-state index contributed by atoms with van der Waals surface area (Å²) in [6.07, 6.45) is 8.93. The molecule has 2 aliphatic carbocycles. The highest BCUT2D eigenvalue weighted by Crippen LogP contribution is 2.38. The van der Waals surface area contributed by atoms with Crippen LogP contribution in [-0.4, -0.2) is 18.1 Å². The number of hydrogen-bond donors (Lipinski definition) is 1. The van der Waals surface area contributed by atoms with Crippen LogP contribution in [0.4, 0.5) is 5.13 Å². The minimum Gasteiger partial charge on any atom is -0.348 e. The summed E-state index contributed by atoms with van der Waals surface area (Å²) < 4.78 is 0. The summed E-state index contributed by atoms with van der Waals surface area (Å²) >= 11 is 1.88. The van der Waals surface area contributed by atoms with Crippen LogP contribution >= 0.6 is 11.3 Å².